The molecule has 0 unspecified atom stereocenters. The van der Waals surface area contributed by atoms with Crippen molar-refractivity contribution in [2.24, 2.45) is 0 Å². The van der Waals surface area contributed by atoms with Gasteiger partial charge < -0.3 is 4.74 Å². The molecule has 0 bridgehead atoms. The van der Waals surface area contributed by atoms with E-state index in [2.05, 4.69) is 45.6 Å². The summed E-state index contributed by atoms with van der Waals surface area (Å²) in [5.41, 5.74) is 3.60. The summed E-state index contributed by atoms with van der Waals surface area (Å²) < 4.78 is 5.98. The summed E-state index contributed by atoms with van der Waals surface area (Å²) in [6.45, 7) is 10.8. The second-order valence-corrected chi connectivity index (χ2v) is 6.82. The van der Waals surface area contributed by atoms with Gasteiger partial charge in [-0.15, -0.1) is 0 Å². The molecule has 2 rings (SSSR count). The fraction of sp³-hybridized carbons (Fsp3) is 0.368. The summed E-state index contributed by atoms with van der Waals surface area (Å²) in [6.07, 6.45) is 10.2. The smallest absolute Gasteiger partial charge is 0.127 e. The van der Waals surface area contributed by atoms with Crippen molar-refractivity contribution in [1.29, 1.82) is 0 Å². The maximum Gasteiger partial charge on any atom is 0.127 e. The van der Waals surface area contributed by atoms with Crippen molar-refractivity contribution in [2.45, 2.75) is 39.0 Å². The second kappa shape index (κ2) is 6.53. The fourth-order valence-electron chi connectivity index (χ4n) is 2.51. The first-order valence-electron chi connectivity index (χ1n) is 7.34. The van der Waals surface area contributed by atoms with Crippen LogP contribution >= 0.6 is 11.6 Å². The molecule has 0 spiro atoms. The van der Waals surface area contributed by atoms with E-state index in [0.29, 0.717) is 6.61 Å². The highest BCUT2D eigenvalue weighted by molar-refractivity contribution is 6.30. The largest absolute Gasteiger partial charge is 0.489 e. The van der Waals surface area contributed by atoms with Gasteiger partial charge in [-0.25, -0.2) is 0 Å². The Morgan fingerprint density at radius 2 is 2.10 bits per heavy atom. The summed E-state index contributed by atoms with van der Waals surface area (Å²) >= 11 is 6.33. The lowest BCUT2D eigenvalue weighted by atomic mass is 9.84. The number of ether oxygens (including phenoxy) is 1. The lowest BCUT2D eigenvalue weighted by molar-refractivity contribution is 0.347. The highest BCUT2D eigenvalue weighted by atomic mass is 35.5. The van der Waals surface area contributed by atoms with Crippen molar-refractivity contribution < 1.29 is 4.74 Å². The summed E-state index contributed by atoms with van der Waals surface area (Å²) in [6, 6.07) is 4.03. The Hall–Kier alpha value is -1.47. The maximum absolute atomic E-state index is 6.33. The summed E-state index contributed by atoms with van der Waals surface area (Å²) in [5, 5.41) is 0.767. The van der Waals surface area contributed by atoms with E-state index in [-0.39, 0.29) is 5.41 Å². The SMILES string of the molecule is C=CCOc1c(CC2=CCC=C2)cc(Cl)cc1C(C)(C)C. The van der Waals surface area contributed by atoms with Crippen LogP contribution < -0.4 is 4.74 Å². The Kier molecular flexibility index (Phi) is 4.95. The third-order valence-corrected chi connectivity index (χ3v) is 3.74. The van der Waals surface area contributed by atoms with Gasteiger partial charge in [-0.3, -0.25) is 0 Å². The molecule has 2 heteroatoms. The van der Waals surface area contributed by atoms with Gasteiger partial charge in [0.25, 0.3) is 0 Å². The van der Waals surface area contributed by atoms with Crippen LogP contribution in [0.15, 0.2) is 48.6 Å². The van der Waals surface area contributed by atoms with Crippen LogP contribution in [0.4, 0.5) is 0 Å². The van der Waals surface area contributed by atoms with E-state index in [1.54, 1.807) is 6.08 Å². The molecule has 0 aromatic heterocycles. The lowest BCUT2D eigenvalue weighted by Gasteiger charge is -2.25. The molecule has 0 heterocycles. The molecule has 0 atom stereocenters. The topological polar surface area (TPSA) is 9.23 Å². The van der Waals surface area contributed by atoms with Crippen LogP contribution in [0.2, 0.25) is 5.02 Å². The Morgan fingerprint density at radius 1 is 1.33 bits per heavy atom. The van der Waals surface area contributed by atoms with Gasteiger partial charge in [0.05, 0.1) is 0 Å². The van der Waals surface area contributed by atoms with Crippen molar-refractivity contribution in [3.8, 4) is 5.75 Å². The first-order valence-corrected chi connectivity index (χ1v) is 7.72. The van der Waals surface area contributed by atoms with Crippen LogP contribution in [0.1, 0.15) is 38.3 Å². The fourth-order valence-corrected chi connectivity index (χ4v) is 2.75. The molecule has 1 aliphatic carbocycles. The van der Waals surface area contributed by atoms with Crippen molar-refractivity contribution in [3.63, 3.8) is 0 Å². The minimum Gasteiger partial charge on any atom is -0.489 e. The molecule has 0 aliphatic heterocycles. The molecule has 0 amide bonds. The van der Waals surface area contributed by atoms with Crippen LogP contribution in [0.25, 0.3) is 0 Å². The number of benzene rings is 1. The molecule has 0 N–H and O–H groups in total. The van der Waals surface area contributed by atoms with Crippen LogP contribution in [0, 0.1) is 0 Å². The van der Waals surface area contributed by atoms with E-state index in [0.717, 1.165) is 34.7 Å². The zero-order chi connectivity index (χ0) is 15.5. The van der Waals surface area contributed by atoms with E-state index in [1.807, 2.05) is 12.1 Å². The number of halogens is 1. The first-order chi connectivity index (χ1) is 9.91. The van der Waals surface area contributed by atoms with Crippen molar-refractivity contribution in [2.75, 3.05) is 6.61 Å². The lowest BCUT2D eigenvalue weighted by Crippen LogP contribution is -2.15. The summed E-state index contributed by atoms with van der Waals surface area (Å²) in [5.74, 6) is 0.952. The number of rotatable bonds is 5. The first kappa shape index (κ1) is 15.9. The van der Waals surface area contributed by atoms with Crippen molar-refractivity contribution in [1.82, 2.24) is 0 Å². The molecule has 1 aliphatic rings. The summed E-state index contributed by atoms with van der Waals surface area (Å²) in [4.78, 5) is 0. The van der Waals surface area contributed by atoms with Gasteiger partial charge in [0.15, 0.2) is 0 Å². The molecule has 1 aromatic carbocycles. The van der Waals surface area contributed by atoms with Gasteiger partial charge >= 0.3 is 0 Å². The average molecular weight is 303 g/mol. The Balaban J connectivity index is 2.47. The predicted octanol–water partition coefficient (Wildman–Crippen LogP) is 5.63. The van der Waals surface area contributed by atoms with Crippen LogP contribution in [-0.4, -0.2) is 6.61 Å². The molecule has 1 aromatic rings. The van der Waals surface area contributed by atoms with Gasteiger partial charge in [-0.05, 0) is 29.5 Å². The van der Waals surface area contributed by atoms with Gasteiger partial charge in [0.1, 0.15) is 12.4 Å². The van der Waals surface area contributed by atoms with E-state index >= 15 is 0 Å². The molecule has 21 heavy (non-hydrogen) atoms. The van der Waals surface area contributed by atoms with Crippen LogP contribution in [0.3, 0.4) is 0 Å². The summed E-state index contributed by atoms with van der Waals surface area (Å²) in [7, 11) is 0. The third kappa shape index (κ3) is 4.01. The number of allylic oxidation sites excluding steroid dienone is 4. The van der Waals surface area contributed by atoms with Gasteiger partial charge in [-0.2, -0.15) is 0 Å². The molecular weight excluding hydrogens is 280 g/mol. The van der Waals surface area contributed by atoms with E-state index in [9.17, 15) is 0 Å². The van der Waals surface area contributed by atoms with Crippen molar-refractivity contribution >= 4 is 11.6 Å². The van der Waals surface area contributed by atoms with Gasteiger partial charge in [0.2, 0.25) is 0 Å². The van der Waals surface area contributed by atoms with E-state index in [1.165, 1.54) is 5.57 Å². The van der Waals surface area contributed by atoms with E-state index in [4.69, 9.17) is 16.3 Å². The number of hydrogen-bond acceptors (Lipinski definition) is 1. The molecule has 1 nitrogen and oxygen atoms in total. The average Bonchev–Trinajstić information content (AvgIpc) is 2.89. The van der Waals surface area contributed by atoms with Gasteiger partial charge in [0, 0.05) is 22.6 Å². The highest BCUT2D eigenvalue weighted by Gasteiger charge is 2.23. The van der Waals surface area contributed by atoms with Crippen LogP contribution in [0.5, 0.6) is 5.75 Å². The molecule has 0 saturated heterocycles. The number of hydrogen-bond donors (Lipinski definition) is 0. The maximum atomic E-state index is 6.33. The quantitative estimate of drug-likeness (QED) is 0.640. The Morgan fingerprint density at radius 3 is 2.67 bits per heavy atom. The standard InChI is InChI=1S/C19H23ClO/c1-5-10-21-18-15(11-14-8-6-7-9-14)12-16(20)13-17(18)19(2,3)4/h5-6,8-9,12-13H,1,7,10-11H2,2-4H3. The Bertz CT molecular complexity index is 588. The zero-order valence-electron chi connectivity index (χ0n) is 13.1. The molecule has 0 fully saturated rings. The zero-order valence-corrected chi connectivity index (χ0v) is 13.8. The molecule has 0 radical (unpaired) electrons. The predicted molar refractivity (Wildman–Crippen MR) is 91.4 cm³/mol. The Labute approximate surface area is 133 Å². The minimum absolute atomic E-state index is 0.0178. The highest BCUT2D eigenvalue weighted by Crippen LogP contribution is 2.38. The second-order valence-electron chi connectivity index (χ2n) is 6.39. The van der Waals surface area contributed by atoms with Crippen molar-refractivity contribution in [3.05, 3.63) is 64.7 Å². The van der Waals surface area contributed by atoms with Gasteiger partial charge in [-0.1, -0.05) is 63.3 Å². The van der Waals surface area contributed by atoms with E-state index < -0.39 is 0 Å². The monoisotopic (exact) mass is 302 g/mol. The normalized spacial score (nSPS) is 14.2. The molecular formula is C19H23ClO. The molecule has 112 valence electrons. The van der Waals surface area contributed by atoms with Crippen LogP contribution in [-0.2, 0) is 11.8 Å². The molecule has 0 saturated carbocycles. The third-order valence-electron chi connectivity index (χ3n) is 3.53. The minimum atomic E-state index is -0.0178.